The van der Waals surface area contributed by atoms with Gasteiger partial charge in [-0.3, -0.25) is 4.79 Å². The van der Waals surface area contributed by atoms with E-state index in [1.165, 1.54) is 5.56 Å². The Bertz CT molecular complexity index is 405. The Balaban J connectivity index is 0.00000361. The highest BCUT2D eigenvalue weighted by atomic mass is 79.9. The number of hydrogen-bond acceptors (Lipinski definition) is 2. The van der Waals surface area contributed by atoms with E-state index in [2.05, 4.69) is 35.1 Å². The lowest BCUT2D eigenvalue weighted by Gasteiger charge is -2.26. The molecule has 1 amide bonds. The van der Waals surface area contributed by atoms with Gasteiger partial charge >= 0.3 is 0 Å². The number of amides is 1. The van der Waals surface area contributed by atoms with Crippen LogP contribution in [0, 0.1) is 0 Å². The molecule has 3 nitrogen and oxygen atoms in total. The van der Waals surface area contributed by atoms with Gasteiger partial charge < -0.3 is 11.1 Å². The van der Waals surface area contributed by atoms with E-state index in [1.54, 1.807) is 0 Å². The summed E-state index contributed by atoms with van der Waals surface area (Å²) in [5, 5.41) is 2.93. The summed E-state index contributed by atoms with van der Waals surface area (Å²) in [6.45, 7) is 4.66. The van der Waals surface area contributed by atoms with Gasteiger partial charge in [0.15, 0.2) is 0 Å². The zero-order valence-electron chi connectivity index (χ0n) is 12.1. The molecular weight excluding hydrogens is 340 g/mol. The van der Waals surface area contributed by atoms with Crippen LogP contribution in [0.5, 0.6) is 0 Å². The molecule has 0 saturated carbocycles. The van der Waals surface area contributed by atoms with Crippen molar-refractivity contribution in [3.05, 3.63) is 34.3 Å². The summed E-state index contributed by atoms with van der Waals surface area (Å²) in [6.07, 6.45) is 3.01. The summed E-state index contributed by atoms with van der Waals surface area (Å²) in [5.74, 6) is 0.0691. The molecule has 0 saturated heterocycles. The van der Waals surface area contributed by atoms with Crippen molar-refractivity contribution in [3.8, 4) is 0 Å². The topological polar surface area (TPSA) is 55.1 Å². The Morgan fingerprint density at radius 3 is 2.30 bits per heavy atom. The minimum atomic E-state index is -0.271. The highest BCUT2D eigenvalue weighted by Gasteiger charge is 2.20. The normalized spacial score (nSPS) is 10.8. The minimum absolute atomic E-state index is 0. The summed E-state index contributed by atoms with van der Waals surface area (Å²) in [4.78, 5) is 11.8. The van der Waals surface area contributed by atoms with E-state index in [9.17, 15) is 4.79 Å². The Kier molecular flexibility index (Phi) is 9.10. The molecule has 0 fully saturated rings. The molecule has 1 aromatic carbocycles. The van der Waals surface area contributed by atoms with Crippen LogP contribution in [0.2, 0.25) is 0 Å². The summed E-state index contributed by atoms with van der Waals surface area (Å²) in [5.41, 5.74) is 7.05. The average molecular weight is 364 g/mol. The Morgan fingerprint density at radius 2 is 1.80 bits per heavy atom. The first-order valence-corrected chi connectivity index (χ1v) is 7.58. The van der Waals surface area contributed by atoms with Crippen molar-refractivity contribution in [1.29, 1.82) is 0 Å². The van der Waals surface area contributed by atoms with Crippen LogP contribution in [-0.4, -0.2) is 18.0 Å². The molecule has 1 rings (SSSR count). The smallest absolute Gasteiger partial charge is 0.220 e. The third kappa shape index (κ3) is 6.73. The van der Waals surface area contributed by atoms with E-state index in [-0.39, 0.29) is 23.9 Å². The van der Waals surface area contributed by atoms with Crippen molar-refractivity contribution in [3.63, 3.8) is 0 Å². The van der Waals surface area contributed by atoms with E-state index >= 15 is 0 Å². The molecule has 0 aromatic heterocycles. The molecule has 3 N–H and O–H groups in total. The van der Waals surface area contributed by atoms with E-state index in [1.807, 2.05) is 24.3 Å². The Morgan fingerprint density at radius 1 is 1.25 bits per heavy atom. The van der Waals surface area contributed by atoms with Crippen LogP contribution in [0.25, 0.3) is 0 Å². The van der Waals surface area contributed by atoms with Crippen LogP contribution in [0.3, 0.4) is 0 Å². The number of aryl methyl sites for hydroxylation is 1. The van der Waals surface area contributed by atoms with Gasteiger partial charge in [0, 0.05) is 23.0 Å². The molecule has 0 spiro atoms. The first kappa shape index (κ1) is 19.4. The number of hydrogen-bond donors (Lipinski definition) is 2. The van der Waals surface area contributed by atoms with E-state index in [0.717, 1.165) is 23.7 Å². The molecule has 114 valence electrons. The molecule has 0 aliphatic carbocycles. The molecule has 20 heavy (non-hydrogen) atoms. The van der Waals surface area contributed by atoms with Crippen LogP contribution in [-0.2, 0) is 11.2 Å². The average Bonchev–Trinajstić information content (AvgIpc) is 2.44. The van der Waals surface area contributed by atoms with Gasteiger partial charge in [-0.25, -0.2) is 0 Å². The van der Waals surface area contributed by atoms with Crippen molar-refractivity contribution in [1.82, 2.24) is 5.32 Å². The van der Waals surface area contributed by atoms with Crippen molar-refractivity contribution in [2.45, 2.75) is 45.1 Å². The number of halogens is 2. The molecule has 1 aromatic rings. The van der Waals surface area contributed by atoms with Gasteiger partial charge in [-0.05, 0) is 37.0 Å². The van der Waals surface area contributed by atoms with Gasteiger partial charge in [-0.15, -0.1) is 12.4 Å². The highest BCUT2D eigenvalue weighted by molar-refractivity contribution is 9.10. The van der Waals surface area contributed by atoms with Crippen LogP contribution < -0.4 is 11.1 Å². The minimum Gasteiger partial charge on any atom is -0.354 e. The maximum absolute atomic E-state index is 11.8. The fourth-order valence-corrected chi connectivity index (χ4v) is 2.04. The van der Waals surface area contributed by atoms with Gasteiger partial charge in [0.1, 0.15) is 0 Å². The largest absolute Gasteiger partial charge is 0.354 e. The van der Waals surface area contributed by atoms with Gasteiger partial charge in [0.2, 0.25) is 5.91 Å². The number of nitrogens with one attached hydrogen (secondary N) is 1. The number of rotatable bonds is 7. The third-order valence-corrected chi connectivity index (χ3v) is 4.13. The molecule has 0 bridgehead atoms. The number of nitrogens with two attached hydrogens (primary N) is 1. The fourth-order valence-electron chi connectivity index (χ4n) is 1.77. The lowest BCUT2D eigenvalue weighted by Crippen LogP contribution is -2.49. The molecular formula is C15H24BrClN2O. The second-order valence-corrected chi connectivity index (χ2v) is 5.89. The first-order chi connectivity index (χ1) is 8.99. The molecule has 5 heteroatoms. The SMILES string of the molecule is CCC(N)(CC)CNC(=O)CCc1ccc(Br)cc1.Cl. The molecule has 0 aliphatic heterocycles. The molecule has 0 radical (unpaired) electrons. The number of benzene rings is 1. The predicted molar refractivity (Wildman–Crippen MR) is 90.2 cm³/mol. The summed E-state index contributed by atoms with van der Waals surface area (Å²) in [6, 6.07) is 8.05. The number of carbonyl (C=O) groups is 1. The zero-order valence-corrected chi connectivity index (χ0v) is 14.5. The van der Waals surface area contributed by atoms with Crippen molar-refractivity contribution >= 4 is 34.2 Å². The monoisotopic (exact) mass is 362 g/mol. The van der Waals surface area contributed by atoms with Gasteiger partial charge in [-0.2, -0.15) is 0 Å². The summed E-state index contributed by atoms with van der Waals surface area (Å²) < 4.78 is 1.06. The standard InChI is InChI=1S/C15H23BrN2O.ClH/c1-3-15(17,4-2)11-18-14(19)10-7-12-5-8-13(16)9-6-12;/h5-6,8-9H,3-4,7,10-11,17H2,1-2H3,(H,18,19);1H. The van der Waals surface area contributed by atoms with Crippen LogP contribution in [0.4, 0.5) is 0 Å². The van der Waals surface area contributed by atoms with E-state index < -0.39 is 0 Å². The molecule has 0 unspecified atom stereocenters. The third-order valence-electron chi connectivity index (χ3n) is 3.60. The predicted octanol–water partition coefficient (Wildman–Crippen LogP) is 3.44. The second kappa shape index (κ2) is 9.37. The highest BCUT2D eigenvalue weighted by Crippen LogP contribution is 2.12. The molecule has 0 heterocycles. The van der Waals surface area contributed by atoms with Gasteiger partial charge in [0.05, 0.1) is 0 Å². The quantitative estimate of drug-likeness (QED) is 0.779. The molecule has 0 aliphatic rings. The lowest BCUT2D eigenvalue weighted by molar-refractivity contribution is -0.121. The summed E-state index contributed by atoms with van der Waals surface area (Å²) in [7, 11) is 0. The maximum Gasteiger partial charge on any atom is 0.220 e. The zero-order chi connectivity index (χ0) is 14.3. The fraction of sp³-hybridized carbons (Fsp3) is 0.533. The van der Waals surface area contributed by atoms with Gasteiger partial charge in [0.25, 0.3) is 0 Å². The van der Waals surface area contributed by atoms with Crippen LogP contribution >= 0.6 is 28.3 Å². The van der Waals surface area contributed by atoms with Gasteiger partial charge in [-0.1, -0.05) is 41.9 Å². The van der Waals surface area contributed by atoms with Crippen molar-refractivity contribution in [2.75, 3.05) is 6.54 Å². The first-order valence-electron chi connectivity index (χ1n) is 6.79. The van der Waals surface area contributed by atoms with E-state index in [0.29, 0.717) is 13.0 Å². The van der Waals surface area contributed by atoms with Crippen molar-refractivity contribution in [2.24, 2.45) is 5.73 Å². The Labute approximate surface area is 136 Å². The van der Waals surface area contributed by atoms with E-state index in [4.69, 9.17) is 5.73 Å². The number of carbonyl (C=O) groups excluding carboxylic acids is 1. The van der Waals surface area contributed by atoms with Crippen LogP contribution in [0.15, 0.2) is 28.7 Å². The van der Waals surface area contributed by atoms with Crippen molar-refractivity contribution < 1.29 is 4.79 Å². The lowest BCUT2D eigenvalue weighted by atomic mass is 9.94. The van der Waals surface area contributed by atoms with Crippen LogP contribution in [0.1, 0.15) is 38.7 Å². The second-order valence-electron chi connectivity index (χ2n) is 4.97. The molecule has 0 atom stereocenters. The summed E-state index contributed by atoms with van der Waals surface area (Å²) >= 11 is 3.39. The Hall–Kier alpha value is -0.580. The maximum atomic E-state index is 11.8.